The average molecular weight is 261 g/mol. The minimum atomic E-state index is -0.358. The Hall–Kier alpha value is -1.94. The first kappa shape index (κ1) is 12.1. The minimum absolute atomic E-state index is 0.135. The van der Waals surface area contributed by atoms with Gasteiger partial charge in [0.05, 0.1) is 0 Å². The molecule has 0 fully saturated rings. The monoisotopic (exact) mass is 261 g/mol. The molecule has 2 nitrogen and oxygen atoms in total. The summed E-state index contributed by atoms with van der Waals surface area (Å²) >= 11 is 0. The Balaban J connectivity index is 2.13. The van der Waals surface area contributed by atoms with Crippen molar-refractivity contribution in [1.29, 1.82) is 0 Å². The van der Waals surface area contributed by atoms with Crippen LogP contribution in [0, 0.1) is 11.6 Å². The normalized spacial score (nSPS) is 17.1. The van der Waals surface area contributed by atoms with E-state index in [0.29, 0.717) is 29.8 Å². The van der Waals surface area contributed by atoms with Gasteiger partial charge < -0.3 is 10.5 Å². The Kier molecular flexibility index (Phi) is 2.95. The van der Waals surface area contributed by atoms with E-state index in [-0.39, 0.29) is 17.7 Å². The van der Waals surface area contributed by atoms with Gasteiger partial charge in [-0.05, 0) is 29.8 Å². The summed E-state index contributed by atoms with van der Waals surface area (Å²) in [7, 11) is 0. The van der Waals surface area contributed by atoms with Crippen LogP contribution in [-0.4, -0.2) is 12.6 Å². The lowest BCUT2D eigenvalue weighted by Gasteiger charge is -2.11. The Morgan fingerprint density at radius 1 is 1.16 bits per heavy atom. The summed E-state index contributed by atoms with van der Waals surface area (Å²) in [5, 5.41) is 0. The van der Waals surface area contributed by atoms with Gasteiger partial charge in [-0.25, -0.2) is 8.78 Å². The molecule has 0 amide bonds. The smallest absolute Gasteiger partial charge is 0.131 e. The van der Waals surface area contributed by atoms with Crippen molar-refractivity contribution in [3.05, 3.63) is 53.6 Å². The highest BCUT2D eigenvalue weighted by Crippen LogP contribution is 2.39. The number of nitrogens with two attached hydrogens (primary N) is 1. The van der Waals surface area contributed by atoms with Crippen LogP contribution >= 0.6 is 0 Å². The molecule has 1 heterocycles. The maximum absolute atomic E-state index is 13.7. The van der Waals surface area contributed by atoms with Crippen LogP contribution in [0.3, 0.4) is 0 Å². The summed E-state index contributed by atoms with van der Waals surface area (Å²) in [4.78, 5) is 0. The van der Waals surface area contributed by atoms with Crippen LogP contribution in [0.25, 0.3) is 11.1 Å². The second-order valence-electron chi connectivity index (χ2n) is 4.63. The van der Waals surface area contributed by atoms with Crippen molar-refractivity contribution >= 4 is 0 Å². The van der Waals surface area contributed by atoms with Gasteiger partial charge in [0.15, 0.2) is 0 Å². The molecule has 2 aromatic carbocycles. The standard InChI is InChI=1S/C15H13F2NO/c16-11-3-1-2-9(4-11)14-7-12(17)5-10-6-13(8-18)19-15(10)14/h1-5,7,13H,6,8,18H2/t13-/m0/s1. The number of fused-ring (bicyclic) bond motifs is 1. The first-order chi connectivity index (χ1) is 9.17. The van der Waals surface area contributed by atoms with Crippen LogP contribution < -0.4 is 10.5 Å². The Morgan fingerprint density at radius 3 is 2.74 bits per heavy atom. The van der Waals surface area contributed by atoms with E-state index in [1.54, 1.807) is 12.1 Å². The molecule has 0 aliphatic carbocycles. The van der Waals surface area contributed by atoms with Crippen molar-refractivity contribution in [3.63, 3.8) is 0 Å². The lowest BCUT2D eigenvalue weighted by molar-refractivity contribution is 0.242. The third kappa shape index (κ3) is 2.19. The molecule has 1 aliphatic heterocycles. The number of hydrogen-bond acceptors (Lipinski definition) is 2. The van der Waals surface area contributed by atoms with Gasteiger partial charge in [0, 0.05) is 24.1 Å². The average Bonchev–Trinajstić information content (AvgIpc) is 2.80. The van der Waals surface area contributed by atoms with E-state index in [4.69, 9.17) is 10.5 Å². The summed E-state index contributed by atoms with van der Waals surface area (Å²) in [6.45, 7) is 0.374. The van der Waals surface area contributed by atoms with Crippen LogP contribution in [0.4, 0.5) is 8.78 Å². The second kappa shape index (κ2) is 4.63. The van der Waals surface area contributed by atoms with Crippen molar-refractivity contribution in [1.82, 2.24) is 0 Å². The van der Waals surface area contributed by atoms with Gasteiger partial charge in [-0.1, -0.05) is 12.1 Å². The quantitative estimate of drug-likeness (QED) is 0.902. The largest absolute Gasteiger partial charge is 0.488 e. The highest BCUT2D eigenvalue weighted by Gasteiger charge is 2.26. The van der Waals surface area contributed by atoms with Crippen LogP contribution in [-0.2, 0) is 6.42 Å². The molecule has 1 aliphatic rings. The molecule has 0 aromatic heterocycles. The van der Waals surface area contributed by atoms with Crippen molar-refractivity contribution in [2.24, 2.45) is 5.73 Å². The van der Waals surface area contributed by atoms with Crippen LogP contribution in [0.15, 0.2) is 36.4 Å². The number of hydrogen-bond donors (Lipinski definition) is 1. The molecule has 2 N–H and O–H groups in total. The molecule has 0 saturated heterocycles. The van der Waals surface area contributed by atoms with Crippen LogP contribution in [0.1, 0.15) is 5.56 Å². The predicted molar refractivity (Wildman–Crippen MR) is 69.0 cm³/mol. The molecule has 0 unspecified atom stereocenters. The number of benzene rings is 2. The predicted octanol–water partition coefficient (Wildman–Crippen LogP) is 2.89. The van der Waals surface area contributed by atoms with E-state index >= 15 is 0 Å². The topological polar surface area (TPSA) is 35.2 Å². The van der Waals surface area contributed by atoms with Crippen LogP contribution in [0.2, 0.25) is 0 Å². The molecule has 0 bridgehead atoms. The molecule has 98 valence electrons. The Bertz CT molecular complexity index is 628. The maximum Gasteiger partial charge on any atom is 0.131 e. The Labute approximate surface area is 109 Å². The summed E-state index contributed by atoms with van der Waals surface area (Å²) in [6, 6.07) is 8.87. The third-order valence-electron chi connectivity index (χ3n) is 3.26. The fourth-order valence-electron chi connectivity index (χ4n) is 2.40. The minimum Gasteiger partial charge on any atom is -0.488 e. The zero-order chi connectivity index (χ0) is 13.4. The molecule has 0 spiro atoms. The van der Waals surface area contributed by atoms with Crippen molar-refractivity contribution in [2.75, 3.05) is 6.54 Å². The van der Waals surface area contributed by atoms with E-state index in [2.05, 4.69) is 0 Å². The van der Waals surface area contributed by atoms with E-state index < -0.39 is 0 Å². The number of ether oxygens (including phenoxy) is 1. The maximum atomic E-state index is 13.7. The van der Waals surface area contributed by atoms with Gasteiger partial charge >= 0.3 is 0 Å². The number of rotatable bonds is 2. The molecule has 2 aromatic rings. The first-order valence-electron chi connectivity index (χ1n) is 6.12. The summed E-state index contributed by atoms with van der Waals surface area (Å²) < 4.78 is 32.7. The molecule has 1 atom stereocenters. The summed E-state index contributed by atoms with van der Waals surface area (Å²) in [5.74, 6) is -0.0920. The molecule has 3 rings (SSSR count). The van der Waals surface area contributed by atoms with E-state index in [1.807, 2.05) is 0 Å². The molecule has 0 radical (unpaired) electrons. The molecule has 19 heavy (non-hydrogen) atoms. The Morgan fingerprint density at radius 2 is 2.00 bits per heavy atom. The van der Waals surface area contributed by atoms with Gasteiger partial charge in [0.25, 0.3) is 0 Å². The second-order valence-corrected chi connectivity index (χ2v) is 4.63. The number of halogens is 2. The van der Waals surface area contributed by atoms with Crippen molar-refractivity contribution < 1.29 is 13.5 Å². The van der Waals surface area contributed by atoms with E-state index in [9.17, 15) is 8.78 Å². The van der Waals surface area contributed by atoms with Crippen molar-refractivity contribution in [3.8, 4) is 16.9 Å². The van der Waals surface area contributed by atoms with Gasteiger partial charge in [0.1, 0.15) is 23.5 Å². The van der Waals surface area contributed by atoms with Gasteiger partial charge in [0.2, 0.25) is 0 Å². The molecule has 4 heteroatoms. The highest BCUT2D eigenvalue weighted by atomic mass is 19.1. The summed E-state index contributed by atoms with van der Waals surface area (Å²) in [5.41, 5.74) is 7.55. The van der Waals surface area contributed by atoms with Crippen LogP contribution in [0.5, 0.6) is 5.75 Å². The fourth-order valence-corrected chi connectivity index (χ4v) is 2.40. The van der Waals surface area contributed by atoms with Crippen molar-refractivity contribution in [2.45, 2.75) is 12.5 Å². The fraction of sp³-hybridized carbons (Fsp3) is 0.200. The third-order valence-corrected chi connectivity index (χ3v) is 3.26. The van der Waals surface area contributed by atoms with Gasteiger partial charge in [-0.15, -0.1) is 0 Å². The van der Waals surface area contributed by atoms with Gasteiger partial charge in [-0.2, -0.15) is 0 Å². The van der Waals surface area contributed by atoms with Gasteiger partial charge in [-0.3, -0.25) is 0 Å². The van der Waals surface area contributed by atoms with E-state index in [0.717, 1.165) is 5.56 Å². The first-order valence-corrected chi connectivity index (χ1v) is 6.12. The SMILES string of the molecule is NC[C@@H]1Cc2cc(F)cc(-c3cccc(F)c3)c2O1. The molecule has 0 saturated carbocycles. The van der Waals surface area contributed by atoms with E-state index in [1.165, 1.54) is 24.3 Å². The molecular formula is C15H13F2NO. The summed E-state index contributed by atoms with van der Waals surface area (Å²) in [6.07, 6.45) is 0.454. The zero-order valence-corrected chi connectivity index (χ0v) is 10.2. The lowest BCUT2D eigenvalue weighted by atomic mass is 10.00. The lowest BCUT2D eigenvalue weighted by Crippen LogP contribution is -2.24. The molecular weight excluding hydrogens is 248 g/mol. The highest BCUT2D eigenvalue weighted by molar-refractivity contribution is 5.73. The zero-order valence-electron chi connectivity index (χ0n) is 10.2.